The lowest BCUT2D eigenvalue weighted by Crippen LogP contribution is -2.00. The van der Waals surface area contributed by atoms with Gasteiger partial charge in [-0.1, -0.05) is 12.1 Å². The van der Waals surface area contributed by atoms with Crippen LogP contribution in [-0.2, 0) is 11.2 Å². The van der Waals surface area contributed by atoms with Crippen LogP contribution in [0.5, 0.6) is 11.6 Å². The van der Waals surface area contributed by atoms with E-state index in [-0.39, 0.29) is 6.42 Å². The van der Waals surface area contributed by atoms with Gasteiger partial charge in [-0.05, 0) is 30.7 Å². The maximum atomic E-state index is 10.7. The van der Waals surface area contributed by atoms with Gasteiger partial charge in [0.2, 0.25) is 5.88 Å². The van der Waals surface area contributed by atoms with E-state index in [1.807, 2.05) is 0 Å². The van der Waals surface area contributed by atoms with Gasteiger partial charge in [0.25, 0.3) is 0 Å². The minimum absolute atomic E-state index is 0.0618. The highest BCUT2D eigenvalue weighted by Gasteiger charge is 2.05. The van der Waals surface area contributed by atoms with Gasteiger partial charge in [0, 0.05) is 11.6 Å². The molecule has 0 aliphatic carbocycles. The molecule has 0 saturated carbocycles. The van der Waals surface area contributed by atoms with E-state index in [1.54, 1.807) is 43.3 Å². The van der Waals surface area contributed by atoms with E-state index < -0.39 is 5.97 Å². The number of carboxylic acids is 1. The lowest BCUT2D eigenvalue weighted by atomic mass is 10.1. The Morgan fingerprint density at radius 3 is 2.80 bits per heavy atom. The fourth-order valence-electron chi connectivity index (χ4n) is 1.74. The number of carbonyl (C=O) groups is 2. The Morgan fingerprint density at radius 2 is 2.15 bits per heavy atom. The zero-order valence-electron chi connectivity index (χ0n) is 10.9. The summed E-state index contributed by atoms with van der Waals surface area (Å²) >= 11 is 0. The summed E-state index contributed by atoms with van der Waals surface area (Å²) in [5.74, 6) is -0.0264. The second kappa shape index (κ2) is 5.97. The lowest BCUT2D eigenvalue weighted by molar-refractivity contribution is -0.136. The van der Waals surface area contributed by atoms with Gasteiger partial charge < -0.3 is 9.84 Å². The molecule has 5 heteroatoms. The number of rotatable bonds is 5. The average Bonchev–Trinajstić information content (AvgIpc) is 2.38. The Hall–Kier alpha value is -2.69. The highest BCUT2D eigenvalue weighted by atomic mass is 16.5. The number of carboxylic acid groups (broad SMARTS) is 1. The SMILES string of the molecule is Cc1nc(Oc2cccc(CC(=O)O)c2)ccc1C=O. The molecule has 1 N–H and O–H groups in total. The smallest absolute Gasteiger partial charge is 0.307 e. The van der Waals surface area contributed by atoms with Crippen LogP contribution in [0.15, 0.2) is 36.4 Å². The average molecular weight is 271 g/mol. The zero-order chi connectivity index (χ0) is 14.5. The van der Waals surface area contributed by atoms with E-state index in [4.69, 9.17) is 9.84 Å². The van der Waals surface area contributed by atoms with Crippen LogP contribution in [0.4, 0.5) is 0 Å². The first-order valence-electron chi connectivity index (χ1n) is 6.00. The van der Waals surface area contributed by atoms with Crippen molar-refractivity contribution in [3.63, 3.8) is 0 Å². The maximum Gasteiger partial charge on any atom is 0.307 e. The van der Waals surface area contributed by atoms with Crippen LogP contribution in [-0.4, -0.2) is 22.3 Å². The normalized spacial score (nSPS) is 10.1. The van der Waals surface area contributed by atoms with Crippen LogP contribution in [0.3, 0.4) is 0 Å². The molecule has 0 bridgehead atoms. The predicted octanol–water partition coefficient (Wildman–Crippen LogP) is 2.62. The third-order valence-corrected chi connectivity index (χ3v) is 2.70. The summed E-state index contributed by atoms with van der Waals surface area (Å²) in [7, 11) is 0. The van der Waals surface area contributed by atoms with Gasteiger partial charge in [0.05, 0.1) is 12.1 Å². The van der Waals surface area contributed by atoms with Crippen molar-refractivity contribution < 1.29 is 19.4 Å². The van der Waals surface area contributed by atoms with Crippen LogP contribution in [0, 0.1) is 6.92 Å². The molecular formula is C15H13NO4. The van der Waals surface area contributed by atoms with Gasteiger partial charge in [-0.2, -0.15) is 0 Å². The van der Waals surface area contributed by atoms with Gasteiger partial charge in [-0.3, -0.25) is 9.59 Å². The Kier molecular flexibility index (Phi) is 4.10. The van der Waals surface area contributed by atoms with Crippen molar-refractivity contribution >= 4 is 12.3 Å². The van der Waals surface area contributed by atoms with E-state index in [9.17, 15) is 9.59 Å². The molecule has 20 heavy (non-hydrogen) atoms. The number of ether oxygens (including phenoxy) is 1. The predicted molar refractivity (Wildman–Crippen MR) is 72.2 cm³/mol. The Morgan fingerprint density at radius 1 is 1.35 bits per heavy atom. The van der Waals surface area contributed by atoms with Gasteiger partial charge >= 0.3 is 5.97 Å². The second-order valence-electron chi connectivity index (χ2n) is 4.26. The molecule has 1 aromatic carbocycles. The molecule has 102 valence electrons. The Labute approximate surface area is 115 Å². The van der Waals surface area contributed by atoms with Gasteiger partial charge in [0.1, 0.15) is 5.75 Å². The number of hydrogen-bond acceptors (Lipinski definition) is 4. The summed E-state index contributed by atoms with van der Waals surface area (Å²) < 4.78 is 5.56. The summed E-state index contributed by atoms with van der Waals surface area (Å²) in [5, 5.41) is 8.76. The fraction of sp³-hybridized carbons (Fsp3) is 0.133. The Bertz CT molecular complexity index is 652. The van der Waals surface area contributed by atoms with E-state index in [0.29, 0.717) is 28.5 Å². The molecule has 0 unspecified atom stereocenters. The summed E-state index contributed by atoms with van der Waals surface area (Å²) in [6.07, 6.45) is 0.674. The second-order valence-corrected chi connectivity index (χ2v) is 4.26. The molecule has 0 spiro atoms. The maximum absolute atomic E-state index is 10.7. The lowest BCUT2D eigenvalue weighted by Gasteiger charge is -2.07. The highest BCUT2D eigenvalue weighted by molar-refractivity contribution is 5.76. The summed E-state index contributed by atoms with van der Waals surface area (Å²) in [5.41, 5.74) is 1.74. The monoisotopic (exact) mass is 271 g/mol. The number of carbonyl (C=O) groups excluding carboxylic acids is 1. The van der Waals surface area contributed by atoms with Gasteiger partial charge in [0.15, 0.2) is 6.29 Å². The van der Waals surface area contributed by atoms with Crippen molar-refractivity contribution in [2.45, 2.75) is 13.3 Å². The first-order chi connectivity index (χ1) is 9.58. The molecule has 0 aliphatic heterocycles. The number of hydrogen-bond donors (Lipinski definition) is 1. The number of aliphatic carboxylic acids is 1. The van der Waals surface area contributed by atoms with Crippen LogP contribution in [0.25, 0.3) is 0 Å². The number of aromatic nitrogens is 1. The van der Waals surface area contributed by atoms with Crippen molar-refractivity contribution in [1.29, 1.82) is 0 Å². The largest absolute Gasteiger partial charge is 0.481 e. The number of nitrogens with zero attached hydrogens (tertiary/aromatic N) is 1. The first-order valence-corrected chi connectivity index (χ1v) is 6.00. The topological polar surface area (TPSA) is 76.5 Å². The summed E-state index contributed by atoms with van der Waals surface area (Å²) in [6, 6.07) is 10.0. The number of aldehydes is 1. The standard InChI is InChI=1S/C15H13NO4/c1-10-12(9-17)5-6-14(16-10)20-13-4-2-3-11(7-13)8-15(18)19/h2-7,9H,8H2,1H3,(H,18,19). The third kappa shape index (κ3) is 3.41. The summed E-state index contributed by atoms with van der Waals surface area (Å²) in [4.78, 5) is 25.5. The fourth-order valence-corrected chi connectivity index (χ4v) is 1.74. The van der Waals surface area contributed by atoms with Crippen LogP contribution in [0.1, 0.15) is 21.6 Å². The number of aryl methyl sites for hydroxylation is 1. The minimum Gasteiger partial charge on any atom is -0.481 e. The quantitative estimate of drug-likeness (QED) is 0.846. The van der Waals surface area contributed by atoms with E-state index in [0.717, 1.165) is 6.29 Å². The molecule has 0 fully saturated rings. The van der Waals surface area contributed by atoms with Crippen molar-refractivity contribution in [2.75, 3.05) is 0 Å². The van der Waals surface area contributed by atoms with Crippen molar-refractivity contribution in [1.82, 2.24) is 4.98 Å². The molecule has 0 radical (unpaired) electrons. The van der Waals surface area contributed by atoms with E-state index in [1.165, 1.54) is 0 Å². The Balaban J connectivity index is 2.19. The minimum atomic E-state index is -0.897. The third-order valence-electron chi connectivity index (χ3n) is 2.70. The molecular weight excluding hydrogens is 258 g/mol. The van der Waals surface area contributed by atoms with Gasteiger partial charge in [-0.15, -0.1) is 0 Å². The van der Waals surface area contributed by atoms with E-state index in [2.05, 4.69) is 4.98 Å². The molecule has 2 aromatic rings. The number of pyridine rings is 1. The highest BCUT2D eigenvalue weighted by Crippen LogP contribution is 2.21. The van der Waals surface area contributed by atoms with Crippen molar-refractivity contribution in [3.05, 3.63) is 53.2 Å². The van der Waals surface area contributed by atoms with Gasteiger partial charge in [-0.25, -0.2) is 4.98 Å². The summed E-state index contributed by atoms with van der Waals surface area (Å²) in [6.45, 7) is 1.72. The molecule has 1 aromatic heterocycles. The van der Waals surface area contributed by atoms with E-state index >= 15 is 0 Å². The van der Waals surface area contributed by atoms with Crippen LogP contribution < -0.4 is 4.74 Å². The van der Waals surface area contributed by atoms with Crippen LogP contribution >= 0.6 is 0 Å². The molecule has 0 amide bonds. The molecule has 0 atom stereocenters. The number of benzene rings is 1. The molecule has 0 aliphatic rings. The van der Waals surface area contributed by atoms with Crippen molar-refractivity contribution in [3.8, 4) is 11.6 Å². The molecule has 2 rings (SSSR count). The zero-order valence-corrected chi connectivity index (χ0v) is 10.9. The van der Waals surface area contributed by atoms with Crippen molar-refractivity contribution in [2.24, 2.45) is 0 Å². The van der Waals surface area contributed by atoms with Crippen LogP contribution in [0.2, 0.25) is 0 Å². The molecule has 1 heterocycles. The molecule has 0 saturated heterocycles. The first kappa shape index (κ1) is 13.7. The molecule has 5 nitrogen and oxygen atoms in total.